The summed E-state index contributed by atoms with van der Waals surface area (Å²) in [5.74, 6) is 0. The van der Waals surface area contributed by atoms with Crippen LogP contribution < -0.4 is 5.32 Å². The normalized spacial score (nSPS) is 17.7. The molecule has 1 fully saturated rings. The highest BCUT2D eigenvalue weighted by Crippen LogP contribution is 2.14. The third-order valence-corrected chi connectivity index (χ3v) is 3.48. The largest absolute Gasteiger partial charge is 0.350 e. The van der Waals surface area contributed by atoms with Gasteiger partial charge in [0.1, 0.15) is 0 Å². The van der Waals surface area contributed by atoms with Crippen LogP contribution >= 0.6 is 0 Å². The molecule has 0 saturated carbocycles. The predicted molar refractivity (Wildman–Crippen MR) is 77.2 cm³/mol. The molecule has 0 aromatic heterocycles. The molecule has 0 aliphatic carbocycles. The molecule has 1 heterocycles. The van der Waals surface area contributed by atoms with Crippen LogP contribution in [0, 0.1) is 0 Å². The van der Waals surface area contributed by atoms with Gasteiger partial charge in [-0.05, 0) is 31.4 Å². The molecule has 0 amide bonds. The predicted octanol–water partition coefficient (Wildman–Crippen LogP) is 2.75. The van der Waals surface area contributed by atoms with Crippen LogP contribution in [0.15, 0.2) is 30.3 Å². The van der Waals surface area contributed by atoms with E-state index in [0.29, 0.717) is 6.04 Å². The molecule has 2 rings (SSSR count). The van der Waals surface area contributed by atoms with Gasteiger partial charge in [0.05, 0.1) is 13.2 Å². The molecule has 1 aromatic rings. The van der Waals surface area contributed by atoms with Crippen LogP contribution in [0.25, 0.3) is 0 Å². The Kier molecular flexibility index (Phi) is 6.34. The first-order chi connectivity index (χ1) is 9.38. The van der Waals surface area contributed by atoms with E-state index in [1.807, 2.05) is 0 Å². The zero-order valence-corrected chi connectivity index (χ0v) is 11.8. The number of rotatable bonds is 8. The molecule has 1 aliphatic heterocycles. The maximum atomic E-state index is 5.55. The summed E-state index contributed by atoms with van der Waals surface area (Å²) >= 11 is 0. The van der Waals surface area contributed by atoms with Gasteiger partial charge in [-0.15, -0.1) is 0 Å². The Balaban J connectivity index is 1.78. The van der Waals surface area contributed by atoms with Crippen molar-refractivity contribution in [3.8, 4) is 0 Å². The highest BCUT2D eigenvalue weighted by atomic mass is 16.7. The molecule has 3 heteroatoms. The van der Waals surface area contributed by atoms with Gasteiger partial charge in [-0.2, -0.15) is 0 Å². The zero-order chi connectivity index (χ0) is 13.3. The first kappa shape index (κ1) is 14.5. The summed E-state index contributed by atoms with van der Waals surface area (Å²) in [4.78, 5) is 0. The fourth-order valence-corrected chi connectivity index (χ4v) is 2.41. The van der Waals surface area contributed by atoms with Crippen molar-refractivity contribution in [1.82, 2.24) is 5.32 Å². The first-order valence-electron chi connectivity index (χ1n) is 7.39. The molecule has 1 saturated heterocycles. The van der Waals surface area contributed by atoms with Crippen molar-refractivity contribution < 1.29 is 9.47 Å². The smallest absolute Gasteiger partial charge is 0.159 e. The summed E-state index contributed by atoms with van der Waals surface area (Å²) in [6, 6.07) is 11.1. The molecular weight excluding hydrogens is 238 g/mol. The summed E-state index contributed by atoms with van der Waals surface area (Å²) in [6.07, 6.45) is 4.34. The van der Waals surface area contributed by atoms with Crippen molar-refractivity contribution in [2.75, 3.05) is 19.8 Å². The van der Waals surface area contributed by atoms with Crippen molar-refractivity contribution in [1.29, 1.82) is 0 Å². The number of hydrogen-bond donors (Lipinski definition) is 1. The standard InChI is InChI=1S/C16H25NO2/c1-2-10-17-15(13-16-18-11-12-19-16)9-8-14-6-4-3-5-7-14/h3-7,15-17H,2,8-13H2,1H3. The highest BCUT2D eigenvalue weighted by molar-refractivity contribution is 5.14. The van der Waals surface area contributed by atoms with Gasteiger partial charge >= 0.3 is 0 Å². The van der Waals surface area contributed by atoms with Crippen LogP contribution in [-0.2, 0) is 15.9 Å². The molecule has 0 spiro atoms. The molecule has 106 valence electrons. The third-order valence-electron chi connectivity index (χ3n) is 3.48. The van der Waals surface area contributed by atoms with Gasteiger partial charge in [-0.1, -0.05) is 37.3 Å². The molecule has 19 heavy (non-hydrogen) atoms. The van der Waals surface area contributed by atoms with E-state index in [0.717, 1.165) is 45.4 Å². The number of aryl methyl sites for hydroxylation is 1. The lowest BCUT2D eigenvalue weighted by atomic mass is 10.0. The number of nitrogens with one attached hydrogen (secondary N) is 1. The average molecular weight is 263 g/mol. The van der Waals surface area contributed by atoms with Crippen LogP contribution in [0.4, 0.5) is 0 Å². The second kappa shape index (κ2) is 8.31. The van der Waals surface area contributed by atoms with E-state index in [9.17, 15) is 0 Å². The van der Waals surface area contributed by atoms with E-state index >= 15 is 0 Å². The third kappa shape index (κ3) is 5.31. The average Bonchev–Trinajstić information content (AvgIpc) is 2.96. The summed E-state index contributed by atoms with van der Waals surface area (Å²) < 4.78 is 11.1. The van der Waals surface area contributed by atoms with Crippen LogP contribution in [-0.4, -0.2) is 32.1 Å². The van der Waals surface area contributed by atoms with Gasteiger partial charge in [-0.3, -0.25) is 0 Å². The summed E-state index contributed by atoms with van der Waals surface area (Å²) in [6.45, 7) is 4.74. The van der Waals surface area contributed by atoms with Crippen LogP contribution in [0.1, 0.15) is 31.7 Å². The van der Waals surface area contributed by atoms with Crippen molar-refractivity contribution >= 4 is 0 Å². The summed E-state index contributed by atoms with van der Waals surface area (Å²) in [5.41, 5.74) is 1.40. The van der Waals surface area contributed by atoms with E-state index in [2.05, 4.69) is 42.6 Å². The second-order valence-corrected chi connectivity index (χ2v) is 5.08. The Morgan fingerprint density at radius 3 is 2.63 bits per heavy atom. The number of hydrogen-bond acceptors (Lipinski definition) is 3. The highest BCUT2D eigenvalue weighted by Gasteiger charge is 2.20. The maximum Gasteiger partial charge on any atom is 0.159 e. The van der Waals surface area contributed by atoms with Crippen molar-refractivity contribution in [3.05, 3.63) is 35.9 Å². The number of ether oxygens (including phenoxy) is 2. The van der Waals surface area contributed by atoms with E-state index < -0.39 is 0 Å². The van der Waals surface area contributed by atoms with Crippen LogP contribution in [0.5, 0.6) is 0 Å². The minimum atomic E-state index is -0.00914. The van der Waals surface area contributed by atoms with Crippen LogP contribution in [0.3, 0.4) is 0 Å². The quantitative estimate of drug-likeness (QED) is 0.782. The molecule has 1 aliphatic rings. The fraction of sp³-hybridized carbons (Fsp3) is 0.625. The van der Waals surface area contributed by atoms with Gasteiger partial charge < -0.3 is 14.8 Å². The molecular formula is C16H25NO2. The topological polar surface area (TPSA) is 30.5 Å². The lowest BCUT2D eigenvalue weighted by molar-refractivity contribution is -0.0531. The van der Waals surface area contributed by atoms with Crippen molar-refractivity contribution in [3.63, 3.8) is 0 Å². The van der Waals surface area contributed by atoms with Crippen molar-refractivity contribution in [2.45, 2.75) is 44.9 Å². The Hall–Kier alpha value is -0.900. The van der Waals surface area contributed by atoms with Gasteiger partial charge in [0.15, 0.2) is 6.29 Å². The molecule has 1 aromatic carbocycles. The Labute approximate surface area is 116 Å². The molecule has 0 radical (unpaired) electrons. The van der Waals surface area contributed by atoms with Gasteiger partial charge in [0, 0.05) is 12.5 Å². The minimum absolute atomic E-state index is 0.00914. The maximum absolute atomic E-state index is 5.55. The zero-order valence-electron chi connectivity index (χ0n) is 11.8. The van der Waals surface area contributed by atoms with Gasteiger partial charge in [-0.25, -0.2) is 0 Å². The first-order valence-corrected chi connectivity index (χ1v) is 7.39. The molecule has 0 bridgehead atoms. The Morgan fingerprint density at radius 1 is 1.21 bits per heavy atom. The second-order valence-electron chi connectivity index (χ2n) is 5.08. The number of benzene rings is 1. The monoisotopic (exact) mass is 263 g/mol. The van der Waals surface area contributed by atoms with Gasteiger partial charge in [0.25, 0.3) is 0 Å². The van der Waals surface area contributed by atoms with E-state index in [4.69, 9.17) is 9.47 Å². The minimum Gasteiger partial charge on any atom is -0.350 e. The fourth-order valence-electron chi connectivity index (χ4n) is 2.41. The lowest BCUT2D eigenvalue weighted by Gasteiger charge is -2.21. The van der Waals surface area contributed by atoms with Crippen molar-refractivity contribution in [2.24, 2.45) is 0 Å². The Morgan fingerprint density at radius 2 is 1.95 bits per heavy atom. The summed E-state index contributed by atoms with van der Waals surface area (Å²) in [5, 5.41) is 3.61. The molecule has 1 atom stereocenters. The van der Waals surface area contributed by atoms with E-state index in [1.165, 1.54) is 5.56 Å². The lowest BCUT2D eigenvalue weighted by Crippen LogP contribution is -2.34. The molecule has 3 nitrogen and oxygen atoms in total. The summed E-state index contributed by atoms with van der Waals surface area (Å²) in [7, 11) is 0. The van der Waals surface area contributed by atoms with E-state index in [-0.39, 0.29) is 6.29 Å². The van der Waals surface area contributed by atoms with E-state index in [1.54, 1.807) is 0 Å². The molecule has 1 unspecified atom stereocenters. The molecule has 1 N–H and O–H groups in total. The van der Waals surface area contributed by atoms with Gasteiger partial charge in [0.2, 0.25) is 0 Å². The van der Waals surface area contributed by atoms with Crippen LogP contribution in [0.2, 0.25) is 0 Å². The SMILES string of the molecule is CCCNC(CCc1ccccc1)CC1OCCO1. The Bertz CT molecular complexity index is 336.